The quantitative estimate of drug-likeness (QED) is 0.782. The summed E-state index contributed by atoms with van der Waals surface area (Å²) in [5, 5.41) is 2.85. The lowest BCUT2D eigenvalue weighted by atomic mass is 10.2. The lowest BCUT2D eigenvalue weighted by Crippen LogP contribution is -2.40. The molecule has 3 heterocycles. The predicted octanol–water partition coefficient (Wildman–Crippen LogP) is 2.26. The number of benzene rings is 1. The Morgan fingerprint density at radius 2 is 1.83 bits per heavy atom. The number of ether oxygens (including phenoxy) is 1. The summed E-state index contributed by atoms with van der Waals surface area (Å²) < 4.78 is 32.9. The summed E-state index contributed by atoms with van der Waals surface area (Å²) in [6, 6.07) is 8.45. The van der Waals surface area contributed by atoms with Crippen molar-refractivity contribution in [3.63, 3.8) is 0 Å². The molecule has 2 aliphatic rings. The van der Waals surface area contributed by atoms with Crippen LogP contribution in [0.3, 0.4) is 0 Å². The van der Waals surface area contributed by atoms with Crippen LogP contribution in [0.25, 0.3) is 0 Å². The van der Waals surface area contributed by atoms with Gasteiger partial charge in [-0.2, -0.15) is 4.31 Å². The molecule has 2 aliphatic heterocycles. The highest BCUT2D eigenvalue weighted by molar-refractivity contribution is 7.89. The number of aryl methyl sites for hydroxylation is 1. The molecule has 1 aromatic heterocycles. The van der Waals surface area contributed by atoms with Gasteiger partial charge in [-0.25, -0.2) is 13.4 Å². The molecule has 8 nitrogen and oxygen atoms in total. The van der Waals surface area contributed by atoms with E-state index in [-0.39, 0.29) is 10.8 Å². The number of nitrogens with zero attached hydrogens (tertiary/aromatic N) is 3. The fourth-order valence-electron chi connectivity index (χ4n) is 3.84. The van der Waals surface area contributed by atoms with Crippen LogP contribution in [0.2, 0.25) is 0 Å². The Bertz CT molecular complexity index is 1030. The van der Waals surface area contributed by atoms with E-state index >= 15 is 0 Å². The third-order valence-electron chi connectivity index (χ3n) is 5.47. The molecular weight excluding hydrogens is 404 g/mol. The van der Waals surface area contributed by atoms with Crippen LogP contribution in [0.5, 0.6) is 0 Å². The molecule has 0 bridgehead atoms. The first-order chi connectivity index (χ1) is 14.5. The Balaban J connectivity index is 1.59. The number of amides is 1. The van der Waals surface area contributed by atoms with Gasteiger partial charge in [-0.15, -0.1) is 0 Å². The Kier molecular flexibility index (Phi) is 6.03. The van der Waals surface area contributed by atoms with E-state index < -0.39 is 10.0 Å². The molecule has 4 rings (SSSR count). The van der Waals surface area contributed by atoms with Crippen molar-refractivity contribution in [1.29, 1.82) is 0 Å². The zero-order chi connectivity index (χ0) is 21.1. The highest BCUT2D eigenvalue weighted by Gasteiger charge is 2.28. The molecule has 0 spiro atoms. The Morgan fingerprint density at radius 3 is 2.57 bits per heavy atom. The molecule has 2 aromatic rings. The number of carbonyl (C=O) groups is 1. The van der Waals surface area contributed by atoms with Gasteiger partial charge in [-0.1, -0.05) is 6.07 Å². The summed E-state index contributed by atoms with van der Waals surface area (Å²) in [5.41, 5.74) is 1.56. The topological polar surface area (TPSA) is 91.8 Å². The SMILES string of the molecule is Cc1ccc(NC(=O)c2cccnc2N2CCCC2)cc1S(=O)(=O)N1CCOCC1. The van der Waals surface area contributed by atoms with Crippen LogP contribution in [0.1, 0.15) is 28.8 Å². The van der Waals surface area contributed by atoms with E-state index in [1.165, 1.54) is 10.4 Å². The van der Waals surface area contributed by atoms with Crippen LogP contribution in [0.15, 0.2) is 41.4 Å². The van der Waals surface area contributed by atoms with Gasteiger partial charge in [0.15, 0.2) is 0 Å². The van der Waals surface area contributed by atoms with E-state index in [0.29, 0.717) is 48.9 Å². The fourth-order valence-corrected chi connectivity index (χ4v) is 5.49. The molecule has 0 aliphatic carbocycles. The van der Waals surface area contributed by atoms with E-state index in [2.05, 4.69) is 15.2 Å². The van der Waals surface area contributed by atoms with Gasteiger partial charge in [0.25, 0.3) is 5.91 Å². The van der Waals surface area contributed by atoms with E-state index in [1.807, 2.05) is 0 Å². The van der Waals surface area contributed by atoms with Gasteiger partial charge in [-0.3, -0.25) is 4.79 Å². The van der Waals surface area contributed by atoms with E-state index in [9.17, 15) is 13.2 Å². The number of nitrogens with one attached hydrogen (secondary N) is 1. The third-order valence-corrected chi connectivity index (χ3v) is 7.51. The molecule has 9 heteroatoms. The second-order valence-corrected chi connectivity index (χ2v) is 9.43. The number of rotatable bonds is 5. The molecule has 0 saturated carbocycles. The van der Waals surface area contributed by atoms with Crippen molar-refractivity contribution in [2.24, 2.45) is 0 Å². The van der Waals surface area contributed by atoms with Gasteiger partial charge >= 0.3 is 0 Å². The van der Waals surface area contributed by atoms with Crippen LogP contribution < -0.4 is 10.2 Å². The molecular formula is C21H26N4O4S. The van der Waals surface area contributed by atoms with Crippen molar-refractivity contribution in [1.82, 2.24) is 9.29 Å². The maximum Gasteiger partial charge on any atom is 0.259 e. The molecule has 0 atom stereocenters. The molecule has 1 N–H and O–H groups in total. The first-order valence-electron chi connectivity index (χ1n) is 10.2. The highest BCUT2D eigenvalue weighted by atomic mass is 32.2. The van der Waals surface area contributed by atoms with Gasteiger partial charge in [0.1, 0.15) is 5.82 Å². The first kappa shape index (κ1) is 20.8. The average molecular weight is 431 g/mol. The number of pyridine rings is 1. The lowest BCUT2D eigenvalue weighted by molar-refractivity contribution is 0.0730. The monoisotopic (exact) mass is 430 g/mol. The molecule has 160 valence electrons. The van der Waals surface area contributed by atoms with Crippen molar-refractivity contribution >= 4 is 27.4 Å². The van der Waals surface area contributed by atoms with E-state index in [0.717, 1.165) is 25.9 Å². The fraction of sp³-hybridized carbons (Fsp3) is 0.429. The number of anilines is 2. The summed E-state index contributed by atoms with van der Waals surface area (Å²) >= 11 is 0. The summed E-state index contributed by atoms with van der Waals surface area (Å²) in [6.45, 7) is 4.93. The van der Waals surface area contributed by atoms with E-state index in [4.69, 9.17) is 4.74 Å². The number of hydrogen-bond acceptors (Lipinski definition) is 6. The lowest BCUT2D eigenvalue weighted by Gasteiger charge is -2.27. The van der Waals surface area contributed by atoms with Crippen LogP contribution >= 0.6 is 0 Å². The minimum atomic E-state index is -3.66. The zero-order valence-electron chi connectivity index (χ0n) is 17.0. The second kappa shape index (κ2) is 8.71. The van der Waals surface area contributed by atoms with Crippen molar-refractivity contribution in [2.45, 2.75) is 24.7 Å². The molecule has 0 unspecified atom stereocenters. The van der Waals surface area contributed by atoms with Crippen molar-refractivity contribution in [3.8, 4) is 0 Å². The van der Waals surface area contributed by atoms with Crippen molar-refractivity contribution in [2.75, 3.05) is 49.6 Å². The zero-order valence-corrected chi connectivity index (χ0v) is 17.8. The standard InChI is InChI=1S/C21H26N4O4S/c1-16-6-7-17(15-19(16)30(27,28)25-11-13-29-14-12-25)23-21(26)18-5-4-8-22-20(18)24-9-2-3-10-24/h4-8,15H,2-3,9-14H2,1H3,(H,23,26). The first-order valence-corrected chi connectivity index (χ1v) is 11.6. The minimum absolute atomic E-state index is 0.202. The Hall–Kier alpha value is -2.49. The summed E-state index contributed by atoms with van der Waals surface area (Å²) in [6.07, 6.45) is 3.85. The molecule has 30 heavy (non-hydrogen) atoms. The summed E-state index contributed by atoms with van der Waals surface area (Å²) in [7, 11) is -3.66. The summed E-state index contributed by atoms with van der Waals surface area (Å²) in [5.74, 6) is 0.365. The summed E-state index contributed by atoms with van der Waals surface area (Å²) in [4.78, 5) is 19.7. The van der Waals surface area contributed by atoms with Gasteiger partial charge < -0.3 is 15.0 Å². The maximum absolute atomic E-state index is 13.1. The number of hydrogen-bond donors (Lipinski definition) is 1. The van der Waals surface area contributed by atoms with Crippen molar-refractivity contribution in [3.05, 3.63) is 47.7 Å². The third kappa shape index (κ3) is 4.19. The van der Waals surface area contributed by atoms with E-state index in [1.54, 1.807) is 37.4 Å². The van der Waals surface area contributed by atoms with Crippen LogP contribution in [-0.4, -0.2) is 63.0 Å². The maximum atomic E-state index is 13.1. The largest absolute Gasteiger partial charge is 0.379 e. The minimum Gasteiger partial charge on any atom is -0.379 e. The number of sulfonamides is 1. The Labute approximate surface area is 176 Å². The number of morpholine rings is 1. The van der Waals surface area contributed by atoms with Crippen LogP contribution in [0, 0.1) is 6.92 Å². The van der Waals surface area contributed by atoms with Gasteiger partial charge in [0.05, 0.1) is 23.7 Å². The molecule has 0 radical (unpaired) electrons. The average Bonchev–Trinajstić information content (AvgIpc) is 3.30. The molecule has 1 aromatic carbocycles. The van der Waals surface area contributed by atoms with Crippen LogP contribution in [-0.2, 0) is 14.8 Å². The van der Waals surface area contributed by atoms with Crippen molar-refractivity contribution < 1.29 is 17.9 Å². The predicted molar refractivity (Wildman–Crippen MR) is 114 cm³/mol. The molecule has 1 amide bonds. The smallest absolute Gasteiger partial charge is 0.259 e. The second-order valence-electron chi connectivity index (χ2n) is 7.52. The van der Waals surface area contributed by atoms with Crippen LogP contribution in [0.4, 0.5) is 11.5 Å². The molecule has 2 fully saturated rings. The number of aromatic nitrogens is 1. The van der Waals surface area contributed by atoms with Gasteiger partial charge in [0, 0.05) is 38.1 Å². The molecule has 2 saturated heterocycles. The Morgan fingerprint density at radius 1 is 1.10 bits per heavy atom. The van der Waals surface area contributed by atoms with Gasteiger partial charge in [0.2, 0.25) is 10.0 Å². The highest BCUT2D eigenvalue weighted by Crippen LogP contribution is 2.26. The number of carbonyl (C=O) groups excluding carboxylic acids is 1. The van der Waals surface area contributed by atoms with Gasteiger partial charge in [-0.05, 0) is 49.6 Å². The normalized spacial score (nSPS) is 17.8.